The topological polar surface area (TPSA) is 70.5 Å². The van der Waals surface area contributed by atoms with Crippen molar-refractivity contribution >= 4 is 5.69 Å². The van der Waals surface area contributed by atoms with Crippen molar-refractivity contribution in [2.24, 2.45) is 0 Å². The van der Waals surface area contributed by atoms with Gasteiger partial charge in [-0.3, -0.25) is 9.58 Å². The van der Waals surface area contributed by atoms with Crippen LogP contribution in [0.15, 0.2) is 12.4 Å². The Bertz CT molecular complexity index is 354. The Balaban J connectivity index is 1.73. The van der Waals surface area contributed by atoms with E-state index in [1.807, 2.05) is 10.9 Å². The molecule has 2 heterocycles. The van der Waals surface area contributed by atoms with Gasteiger partial charge < -0.3 is 15.7 Å². The molecular formula is C12H23N5O. The summed E-state index contributed by atoms with van der Waals surface area (Å²) in [6.07, 6.45) is 4.72. The molecular weight excluding hydrogens is 230 g/mol. The van der Waals surface area contributed by atoms with E-state index in [0.29, 0.717) is 0 Å². The van der Waals surface area contributed by atoms with Crippen LogP contribution in [-0.4, -0.2) is 70.6 Å². The predicted octanol–water partition coefficient (Wildman–Crippen LogP) is -0.535. The molecule has 0 unspecified atom stereocenters. The normalized spacial score (nSPS) is 18.9. The molecule has 0 atom stereocenters. The number of aliphatic hydroxyl groups excluding tert-OH is 1. The largest absolute Gasteiger partial charge is 0.396 e. The maximum atomic E-state index is 8.95. The molecule has 1 aromatic heterocycles. The first-order valence-electron chi connectivity index (χ1n) is 6.61. The quantitative estimate of drug-likeness (QED) is 0.738. The number of aliphatic hydroxyl groups is 1. The number of hydrogen-bond acceptors (Lipinski definition) is 5. The van der Waals surface area contributed by atoms with Gasteiger partial charge in [0.25, 0.3) is 0 Å². The van der Waals surface area contributed by atoms with Gasteiger partial charge in [-0.25, -0.2) is 0 Å². The molecule has 0 aliphatic carbocycles. The highest BCUT2D eigenvalue weighted by Gasteiger charge is 2.13. The van der Waals surface area contributed by atoms with Crippen molar-refractivity contribution < 1.29 is 5.11 Å². The van der Waals surface area contributed by atoms with Crippen LogP contribution in [0, 0.1) is 0 Å². The first-order chi connectivity index (χ1) is 8.78. The van der Waals surface area contributed by atoms with Gasteiger partial charge in [-0.1, -0.05) is 0 Å². The zero-order chi connectivity index (χ0) is 12.8. The van der Waals surface area contributed by atoms with Crippen LogP contribution in [0.25, 0.3) is 0 Å². The Hall–Kier alpha value is -1.11. The summed E-state index contributed by atoms with van der Waals surface area (Å²) >= 11 is 0. The fourth-order valence-corrected chi connectivity index (χ4v) is 2.36. The summed E-state index contributed by atoms with van der Waals surface area (Å²) in [6, 6.07) is 0. The molecule has 0 radical (unpaired) electrons. The van der Waals surface area contributed by atoms with Gasteiger partial charge >= 0.3 is 0 Å². The van der Waals surface area contributed by atoms with E-state index < -0.39 is 0 Å². The molecule has 3 N–H and O–H groups in total. The molecule has 0 aromatic carbocycles. The molecule has 1 aliphatic heterocycles. The molecule has 0 amide bonds. The number of nitrogen functional groups attached to an aromatic ring is 1. The number of nitrogens with zero attached hydrogens (tertiary/aromatic N) is 4. The second kappa shape index (κ2) is 6.72. The van der Waals surface area contributed by atoms with Crippen molar-refractivity contribution in [3.63, 3.8) is 0 Å². The van der Waals surface area contributed by atoms with Gasteiger partial charge in [0.05, 0.1) is 25.0 Å². The zero-order valence-electron chi connectivity index (χ0n) is 10.8. The van der Waals surface area contributed by atoms with Crippen LogP contribution < -0.4 is 5.73 Å². The zero-order valence-corrected chi connectivity index (χ0v) is 10.8. The molecule has 0 saturated carbocycles. The third-order valence-electron chi connectivity index (χ3n) is 3.40. The molecule has 6 heteroatoms. The molecule has 1 fully saturated rings. The minimum absolute atomic E-state index is 0.257. The highest BCUT2D eigenvalue weighted by molar-refractivity contribution is 5.30. The Morgan fingerprint density at radius 3 is 2.44 bits per heavy atom. The third kappa shape index (κ3) is 3.97. The summed E-state index contributed by atoms with van der Waals surface area (Å²) in [5.41, 5.74) is 6.36. The highest BCUT2D eigenvalue weighted by atomic mass is 16.3. The number of β-amino-alcohol motifs (C(OH)–C–C–N with tert-alkyl or cyclic N) is 1. The lowest BCUT2D eigenvalue weighted by Gasteiger charge is -2.21. The molecule has 18 heavy (non-hydrogen) atoms. The Kier molecular flexibility index (Phi) is 4.98. The number of rotatable bonds is 5. The van der Waals surface area contributed by atoms with Crippen LogP contribution in [-0.2, 0) is 6.54 Å². The SMILES string of the molecule is Nc1cnn(CCN2CCCN(CCO)CC2)c1. The van der Waals surface area contributed by atoms with Gasteiger partial charge in [0.2, 0.25) is 0 Å². The lowest BCUT2D eigenvalue weighted by atomic mass is 10.4. The summed E-state index contributed by atoms with van der Waals surface area (Å²) in [5, 5.41) is 13.1. The van der Waals surface area contributed by atoms with E-state index in [-0.39, 0.29) is 6.61 Å². The molecule has 0 bridgehead atoms. The van der Waals surface area contributed by atoms with E-state index in [4.69, 9.17) is 10.8 Å². The van der Waals surface area contributed by atoms with E-state index in [1.54, 1.807) is 6.20 Å². The van der Waals surface area contributed by atoms with Crippen LogP contribution >= 0.6 is 0 Å². The lowest BCUT2D eigenvalue weighted by Crippen LogP contribution is -2.33. The van der Waals surface area contributed by atoms with Crippen molar-refractivity contribution in [3.8, 4) is 0 Å². The highest BCUT2D eigenvalue weighted by Crippen LogP contribution is 2.04. The average molecular weight is 253 g/mol. The van der Waals surface area contributed by atoms with E-state index in [2.05, 4.69) is 14.9 Å². The average Bonchev–Trinajstić information content (AvgIpc) is 2.64. The third-order valence-corrected chi connectivity index (χ3v) is 3.40. The van der Waals surface area contributed by atoms with Crippen molar-refractivity contribution in [1.29, 1.82) is 0 Å². The van der Waals surface area contributed by atoms with Crippen LogP contribution in [0.1, 0.15) is 6.42 Å². The minimum atomic E-state index is 0.257. The first-order valence-corrected chi connectivity index (χ1v) is 6.61. The van der Waals surface area contributed by atoms with Gasteiger partial charge in [-0.05, 0) is 19.5 Å². The molecule has 6 nitrogen and oxygen atoms in total. The molecule has 0 spiro atoms. The van der Waals surface area contributed by atoms with Gasteiger partial charge in [-0.15, -0.1) is 0 Å². The minimum Gasteiger partial charge on any atom is -0.396 e. The molecule has 1 aliphatic rings. The summed E-state index contributed by atoms with van der Waals surface area (Å²) < 4.78 is 1.89. The van der Waals surface area contributed by atoms with Crippen LogP contribution in [0.3, 0.4) is 0 Å². The van der Waals surface area contributed by atoms with Gasteiger partial charge in [0.1, 0.15) is 0 Å². The summed E-state index contributed by atoms with van der Waals surface area (Å²) in [5.74, 6) is 0. The van der Waals surface area contributed by atoms with E-state index in [1.165, 1.54) is 6.42 Å². The summed E-state index contributed by atoms with van der Waals surface area (Å²) in [6.45, 7) is 7.27. The van der Waals surface area contributed by atoms with Crippen molar-refractivity contribution in [1.82, 2.24) is 19.6 Å². The molecule has 2 rings (SSSR count). The van der Waals surface area contributed by atoms with Crippen molar-refractivity contribution in [3.05, 3.63) is 12.4 Å². The summed E-state index contributed by atoms with van der Waals surface area (Å²) in [4.78, 5) is 4.78. The van der Waals surface area contributed by atoms with Crippen molar-refractivity contribution in [2.45, 2.75) is 13.0 Å². The number of nitrogens with two attached hydrogens (primary N) is 1. The molecule has 1 saturated heterocycles. The van der Waals surface area contributed by atoms with E-state index in [0.717, 1.165) is 51.5 Å². The smallest absolute Gasteiger partial charge is 0.0719 e. The van der Waals surface area contributed by atoms with Crippen LogP contribution in [0.2, 0.25) is 0 Å². The maximum Gasteiger partial charge on any atom is 0.0719 e. The predicted molar refractivity (Wildman–Crippen MR) is 71.2 cm³/mol. The number of anilines is 1. The second-order valence-corrected chi connectivity index (χ2v) is 4.80. The lowest BCUT2D eigenvalue weighted by molar-refractivity contribution is 0.195. The van der Waals surface area contributed by atoms with Gasteiger partial charge in [0.15, 0.2) is 0 Å². The number of hydrogen-bond donors (Lipinski definition) is 2. The van der Waals surface area contributed by atoms with Crippen molar-refractivity contribution in [2.75, 3.05) is 51.6 Å². The second-order valence-electron chi connectivity index (χ2n) is 4.80. The standard InChI is InChI=1S/C12H23N5O/c13-12-10-14-17(11-12)7-6-15-2-1-3-16(5-4-15)8-9-18/h10-11,18H,1-9,13H2. The monoisotopic (exact) mass is 253 g/mol. The fourth-order valence-electron chi connectivity index (χ4n) is 2.36. The van der Waals surface area contributed by atoms with E-state index >= 15 is 0 Å². The van der Waals surface area contributed by atoms with E-state index in [9.17, 15) is 0 Å². The Morgan fingerprint density at radius 1 is 1.11 bits per heavy atom. The van der Waals surface area contributed by atoms with Gasteiger partial charge in [0, 0.05) is 32.4 Å². The molecule has 1 aromatic rings. The Labute approximate surface area is 108 Å². The Morgan fingerprint density at radius 2 is 1.83 bits per heavy atom. The van der Waals surface area contributed by atoms with Crippen LogP contribution in [0.4, 0.5) is 5.69 Å². The fraction of sp³-hybridized carbons (Fsp3) is 0.750. The van der Waals surface area contributed by atoms with Gasteiger partial charge in [-0.2, -0.15) is 5.10 Å². The van der Waals surface area contributed by atoms with Crippen LogP contribution in [0.5, 0.6) is 0 Å². The summed E-state index contributed by atoms with van der Waals surface area (Å²) in [7, 11) is 0. The number of aromatic nitrogens is 2. The first kappa shape index (κ1) is 13.3. The molecule has 102 valence electrons. The maximum absolute atomic E-state index is 8.95.